The first kappa shape index (κ1) is 19.8. The number of nitrogens with zero attached hydrogens (tertiary/aromatic N) is 3. The minimum Gasteiger partial charge on any atom is -0.357 e. The number of aryl methyl sites for hydroxylation is 2. The van der Waals surface area contributed by atoms with Crippen molar-refractivity contribution in [3.63, 3.8) is 0 Å². The maximum atomic E-state index is 4.70. The lowest BCUT2D eigenvalue weighted by Crippen LogP contribution is -2.38. The van der Waals surface area contributed by atoms with Gasteiger partial charge in [-0.05, 0) is 20.8 Å². The van der Waals surface area contributed by atoms with E-state index in [-0.39, 0.29) is 5.41 Å². The maximum absolute atomic E-state index is 4.70. The van der Waals surface area contributed by atoms with Crippen LogP contribution >= 0.6 is 22.7 Å². The van der Waals surface area contributed by atoms with E-state index in [2.05, 4.69) is 67.5 Å². The average Bonchev–Trinajstić information content (AvgIpc) is 3.12. The molecule has 2 rings (SSSR count). The van der Waals surface area contributed by atoms with Crippen LogP contribution in [-0.2, 0) is 18.4 Å². The average molecular weight is 380 g/mol. The summed E-state index contributed by atoms with van der Waals surface area (Å²) in [5.74, 6) is 0.831. The SMILES string of the molecule is CCNC(=NCc1csc(C(C)(C)C)n1)NCCc1nc(C)c(C)s1. The van der Waals surface area contributed by atoms with Gasteiger partial charge < -0.3 is 10.6 Å². The fourth-order valence-electron chi connectivity index (χ4n) is 2.16. The highest BCUT2D eigenvalue weighted by Crippen LogP contribution is 2.25. The first-order chi connectivity index (χ1) is 11.8. The standard InChI is InChI=1S/C18H29N5S2/c1-7-19-17(20-9-8-15-22-12(2)13(3)25-15)21-10-14-11-24-16(23-14)18(4,5)6/h11H,7-10H2,1-6H3,(H2,19,20,21). The second kappa shape index (κ2) is 8.76. The van der Waals surface area contributed by atoms with E-state index in [4.69, 9.17) is 4.98 Å². The third kappa shape index (κ3) is 6.08. The summed E-state index contributed by atoms with van der Waals surface area (Å²) in [7, 11) is 0. The molecule has 0 radical (unpaired) electrons. The largest absolute Gasteiger partial charge is 0.357 e. The molecule has 0 atom stereocenters. The van der Waals surface area contributed by atoms with Crippen molar-refractivity contribution in [1.82, 2.24) is 20.6 Å². The molecule has 2 heterocycles. The van der Waals surface area contributed by atoms with Crippen molar-refractivity contribution < 1.29 is 0 Å². The van der Waals surface area contributed by atoms with Crippen LogP contribution in [0.4, 0.5) is 0 Å². The van der Waals surface area contributed by atoms with E-state index < -0.39 is 0 Å². The lowest BCUT2D eigenvalue weighted by molar-refractivity contribution is 0.583. The summed E-state index contributed by atoms with van der Waals surface area (Å²) >= 11 is 3.49. The van der Waals surface area contributed by atoms with E-state index in [0.29, 0.717) is 6.54 Å². The highest BCUT2D eigenvalue weighted by molar-refractivity contribution is 7.11. The van der Waals surface area contributed by atoms with Crippen LogP contribution in [0.5, 0.6) is 0 Å². The van der Waals surface area contributed by atoms with Crippen LogP contribution in [0.15, 0.2) is 10.4 Å². The molecule has 7 heteroatoms. The number of hydrogen-bond acceptors (Lipinski definition) is 5. The van der Waals surface area contributed by atoms with Crippen molar-refractivity contribution in [3.8, 4) is 0 Å². The minimum atomic E-state index is 0.0966. The molecule has 0 aliphatic rings. The highest BCUT2D eigenvalue weighted by atomic mass is 32.1. The summed E-state index contributed by atoms with van der Waals surface area (Å²) < 4.78 is 0. The molecular formula is C18H29N5S2. The highest BCUT2D eigenvalue weighted by Gasteiger charge is 2.17. The third-order valence-corrected chi connectivity index (χ3v) is 6.09. The number of rotatable bonds is 6. The molecule has 0 unspecified atom stereocenters. The van der Waals surface area contributed by atoms with Gasteiger partial charge in [-0.3, -0.25) is 0 Å². The van der Waals surface area contributed by atoms with Crippen molar-refractivity contribution in [2.75, 3.05) is 13.1 Å². The van der Waals surface area contributed by atoms with Crippen molar-refractivity contribution in [3.05, 3.63) is 31.7 Å². The Labute approximate surface area is 159 Å². The van der Waals surface area contributed by atoms with Crippen molar-refractivity contribution >= 4 is 28.6 Å². The summed E-state index contributed by atoms with van der Waals surface area (Å²) in [6, 6.07) is 0. The Morgan fingerprint density at radius 1 is 1.20 bits per heavy atom. The van der Waals surface area contributed by atoms with E-state index >= 15 is 0 Å². The molecular weight excluding hydrogens is 350 g/mol. The van der Waals surface area contributed by atoms with Crippen LogP contribution in [0.3, 0.4) is 0 Å². The number of nitrogens with one attached hydrogen (secondary N) is 2. The zero-order valence-electron chi connectivity index (χ0n) is 16.1. The van der Waals surface area contributed by atoms with Crippen LogP contribution in [0.2, 0.25) is 0 Å². The molecule has 0 aliphatic carbocycles. The van der Waals surface area contributed by atoms with Gasteiger partial charge in [0.05, 0.1) is 27.9 Å². The Hall–Kier alpha value is -1.47. The van der Waals surface area contributed by atoms with E-state index in [9.17, 15) is 0 Å². The Bertz CT molecular complexity index is 690. The van der Waals surface area contributed by atoms with Crippen LogP contribution in [-0.4, -0.2) is 29.0 Å². The van der Waals surface area contributed by atoms with Gasteiger partial charge in [0.1, 0.15) is 0 Å². The van der Waals surface area contributed by atoms with Crippen molar-refractivity contribution in [1.29, 1.82) is 0 Å². The van der Waals surface area contributed by atoms with E-state index in [1.807, 2.05) is 0 Å². The predicted octanol–water partition coefficient (Wildman–Crippen LogP) is 3.81. The summed E-state index contributed by atoms with van der Waals surface area (Å²) in [6.45, 7) is 15.1. The van der Waals surface area contributed by atoms with Gasteiger partial charge in [0, 0.05) is 35.2 Å². The Balaban J connectivity index is 1.90. The van der Waals surface area contributed by atoms with Gasteiger partial charge in [0.25, 0.3) is 0 Å². The molecule has 0 spiro atoms. The van der Waals surface area contributed by atoms with Gasteiger partial charge >= 0.3 is 0 Å². The fraction of sp³-hybridized carbons (Fsp3) is 0.611. The first-order valence-corrected chi connectivity index (χ1v) is 10.4. The summed E-state index contributed by atoms with van der Waals surface area (Å²) in [4.78, 5) is 15.2. The Morgan fingerprint density at radius 3 is 2.52 bits per heavy atom. The molecule has 0 bridgehead atoms. The zero-order valence-corrected chi connectivity index (χ0v) is 17.7. The second-order valence-electron chi connectivity index (χ2n) is 7.02. The van der Waals surface area contributed by atoms with Crippen LogP contribution in [0, 0.1) is 13.8 Å². The molecule has 2 aromatic rings. The number of thiazole rings is 2. The Kier molecular flexibility index (Phi) is 6.95. The monoisotopic (exact) mass is 379 g/mol. The topological polar surface area (TPSA) is 62.2 Å². The van der Waals surface area contributed by atoms with Crippen molar-refractivity contribution in [2.45, 2.75) is 59.9 Å². The number of aliphatic imine (C=N–C) groups is 1. The van der Waals surface area contributed by atoms with E-state index in [1.165, 1.54) is 9.88 Å². The van der Waals surface area contributed by atoms with Gasteiger partial charge in [0.2, 0.25) is 0 Å². The van der Waals surface area contributed by atoms with Gasteiger partial charge in [-0.15, -0.1) is 22.7 Å². The van der Waals surface area contributed by atoms with Crippen LogP contribution in [0.25, 0.3) is 0 Å². The molecule has 0 aromatic carbocycles. The fourth-order valence-corrected chi connectivity index (χ4v) is 3.99. The second-order valence-corrected chi connectivity index (χ2v) is 9.16. The zero-order chi connectivity index (χ0) is 18.4. The minimum absolute atomic E-state index is 0.0966. The summed E-state index contributed by atoms with van der Waals surface area (Å²) in [5.41, 5.74) is 2.26. The number of aromatic nitrogens is 2. The van der Waals surface area contributed by atoms with Gasteiger partial charge in [-0.1, -0.05) is 20.8 Å². The van der Waals surface area contributed by atoms with Gasteiger partial charge in [-0.25, -0.2) is 15.0 Å². The molecule has 0 amide bonds. The first-order valence-electron chi connectivity index (χ1n) is 8.69. The summed E-state index contributed by atoms with van der Waals surface area (Å²) in [5, 5.41) is 11.1. The molecule has 0 fully saturated rings. The normalized spacial score (nSPS) is 12.5. The molecule has 0 aliphatic heterocycles. The van der Waals surface area contributed by atoms with Crippen molar-refractivity contribution in [2.24, 2.45) is 4.99 Å². The number of hydrogen-bond donors (Lipinski definition) is 2. The van der Waals surface area contributed by atoms with Gasteiger partial charge in [0.15, 0.2) is 5.96 Å². The molecule has 0 saturated carbocycles. The molecule has 0 saturated heterocycles. The smallest absolute Gasteiger partial charge is 0.191 e. The lowest BCUT2D eigenvalue weighted by Gasteiger charge is -2.13. The lowest BCUT2D eigenvalue weighted by atomic mass is 9.98. The molecule has 138 valence electrons. The molecule has 25 heavy (non-hydrogen) atoms. The number of guanidine groups is 1. The Morgan fingerprint density at radius 2 is 1.96 bits per heavy atom. The van der Waals surface area contributed by atoms with Crippen LogP contribution in [0.1, 0.15) is 54.0 Å². The van der Waals surface area contributed by atoms with Gasteiger partial charge in [-0.2, -0.15) is 0 Å². The quantitative estimate of drug-likeness (QED) is 0.592. The molecule has 5 nitrogen and oxygen atoms in total. The van der Waals surface area contributed by atoms with E-state index in [0.717, 1.165) is 41.9 Å². The summed E-state index contributed by atoms with van der Waals surface area (Å²) in [6.07, 6.45) is 0.911. The molecule has 2 aromatic heterocycles. The van der Waals surface area contributed by atoms with Crippen LogP contribution < -0.4 is 10.6 Å². The maximum Gasteiger partial charge on any atom is 0.191 e. The third-order valence-electron chi connectivity index (χ3n) is 3.64. The predicted molar refractivity (Wildman–Crippen MR) is 109 cm³/mol. The molecule has 2 N–H and O–H groups in total. The van der Waals surface area contributed by atoms with E-state index in [1.54, 1.807) is 22.7 Å².